The number of aromatic hydroxyl groups is 2. The highest BCUT2D eigenvalue weighted by molar-refractivity contribution is 5.98. The Balaban J connectivity index is 2.60. The molecule has 1 rings (SSSR count). The van der Waals surface area contributed by atoms with Gasteiger partial charge in [-0.1, -0.05) is 52.4 Å². The van der Waals surface area contributed by atoms with Gasteiger partial charge in [-0.15, -0.1) is 0 Å². The van der Waals surface area contributed by atoms with Crippen LogP contribution in [0.5, 0.6) is 11.5 Å². The first kappa shape index (κ1) is 21.8. The van der Waals surface area contributed by atoms with Crippen LogP contribution in [0.4, 0.5) is 0 Å². The van der Waals surface area contributed by atoms with Crippen LogP contribution in [0.15, 0.2) is 12.1 Å². The molecule has 0 bridgehead atoms. The van der Waals surface area contributed by atoms with Gasteiger partial charge in [-0.3, -0.25) is 0 Å². The van der Waals surface area contributed by atoms with E-state index in [9.17, 15) is 19.8 Å². The summed E-state index contributed by atoms with van der Waals surface area (Å²) in [5.41, 5.74) is -0.338. The van der Waals surface area contributed by atoms with Crippen LogP contribution >= 0.6 is 0 Å². The fourth-order valence-corrected chi connectivity index (χ4v) is 2.45. The molecule has 146 valence electrons. The van der Waals surface area contributed by atoms with Crippen molar-refractivity contribution in [3.8, 4) is 11.5 Å². The molecule has 0 amide bonds. The van der Waals surface area contributed by atoms with Gasteiger partial charge in [0.1, 0.15) is 22.6 Å². The highest BCUT2D eigenvalue weighted by atomic mass is 16.5. The number of hydrogen-bond acceptors (Lipinski definition) is 6. The molecule has 0 saturated heterocycles. The molecule has 0 radical (unpaired) electrons. The Hall–Kier alpha value is -2.24. The summed E-state index contributed by atoms with van der Waals surface area (Å²) in [6.45, 7) is 4.68. The molecule has 0 spiro atoms. The standard InChI is InChI=1S/C20H30O6/c1-3-5-7-9-11-25-19(23)15-13-18(22)16(14-17(15)21)20(24)26-12-10-8-6-4-2/h13-14,21-22H,3-12H2,1-2H3. The maximum Gasteiger partial charge on any atom is 0.342 e. The average Bonchev–Trinajstić information content (AvgIpc) is 2.62. The Morgan fingerprint density at radius 3 is 1.46 bits per heavy atom. The number of carbonyl (C=O) groups is 2. The van der Waals surface area contributed by atoms with Gasteiger partial charge in [0.2, 0.25) is 0 Å². The summed E-state index contributed by atoms with van der Waals surface area (Å²) >= 11 is 0. The minimum Gasteiger partial charge on any atom is -0.507 e. The van der Waals surface area contributed by atoms with Crippen molar-refractivity contribution in [1.29, 1.82) is 0 Å². The van der Waals surface area contributed by atoms with E-state index in [0.29, 0.717) is 0 Å². The van der Waals surface area contributed by atoms with Crippen LogP contribution < -0.4 is 0 Å². The summed E-state index contributed by atoms with van der Waals surface area (Å²) in [5.74, 6) is -2.29. The molecular formula is C20H30O6. The zero-order valence-electron chi connectivity index (χ0n) is 15.8. The molecule has 0 aromatic heterocycles. The van der Waals surface area contributed by atoms with Crippen molar-refractivity contribution >= 4 is 11.9 Å². The average molecular weight is 366 g/mol. The van der Waals surface area contributed by atoms with Crippen LogP contribution in [0.1, 0.15) is 85.9 Å². The van der Waals surface area contributed by atoms with Gasteiger partial charge >= 0.3 is 11.9 Å². The predicted molar refractivity (Wildman–Crippen MR) is 98.6 cm³/mol. The molecule has 1 aromatic rings. The van der Waals surface area contributed by atoms with Gasteiger partial charge in [0.15, 0.2) is 0 Å². The van der Waals surface area contributed by atoms with Crippen molar-refractivity contribution < 1.29 is 29.3 Å². The molecule has 0 atom stereocenters. The van der Waals surface area contributed by atoms with E-state index in [1.54, 1.807) is 0 Å². The number of phenols is 2. The summed E-state index contributed by atoms with van der Waals surface area (Å²) in [6, 6.07) is 2.08. The minimum atomic E-state index is -0.728. The van der Waals surface area contributed by atoms with Crippen molar-refractivity contribution in [3.63, 3.8) is 0 Å². The Morgan fingerprint density at radius 2 is 1.12 bits per heavy atom. The van der Waals surface area contributed by atoms with Crippen LogP contribution in [-0.4, -0.2) is 35.4 Å². The van der Waals surface area contributed by atoms with Crippen LogP contribution in [-0.2, 0) is 9.47 Å². The first-order chi connectivity index (χ1) is 12.5. The number of phenolic OH excluding ortho intramolecular Hbond substituents is 2. The largest absolute Gasteiger partial charge is 0.507 e. The number of esters is 2. The van der Waals surface area contributed by atoms with E-state index in [2.05, 4.69) is 13.8 Å². The summed E-state index contributed by atoms with van der Waals surface area (Å²) in [6.07, 6.45) is 7.72. The normalized spacial score (nSPS) is 10.5. The molecule has 6 heteroatoms. The fraction of sp³-hybridized carbons (Fsp3) is 0.600. The highest BCUT2D eigenvalue weighted by Crippen LogP contribution is 2.28. The van der Waals surface area contributed by atoms with E-state index in [1.165, 1.54) is 0 Å². The number of ether oxygens (including phenoxy) is 2. The minimum absolute atomic E-state index is 0.169. The summed E-state index contributed by atoms with van der Waals surface area (Å²) in [7, 11) is 0. The third-order valence-electron chi connectivity index (χ3n) is 4.02. The van der Waals surface area contributed by atoms with E-state index in [1.807, 2.05) is 0 Å². The molecule has 26 heavy (non-hydrogen) atoms. The third kappa shape index (κ3) is 7.33. The second kappa shape index (κ2) is 12.2. The van der Waals surface area contributed by atoms with E-state index >= 15 is 0 Å². The smallest absolute Gasteiger partial charge is 0.342 e. The molecule has 0 aliphatic heterocycles. The van der Waals surface area contributed by atoms with Gasteiger partial charge < -0.3 is 19.7 Å². The van der Waals surface area contributed by atoms with Crippen molar-refractivity contribution in [3.05, 3.63) is 23.3 Å². The second-order valence-electron chi connectivity index (χ2n) is 6.28. The first-order valence-corrected chi connectivity index (χ1v) is 9.41. The Labute approximate surface area is 155 Å². The molecular weight excluding hydrogens is 336 g/mol. The molecule has 6 nitrogen and oxygen atoms in total. The molecule has 0 fully saturated rings. The van der Waals surface area contributed by atoms with E-state index in [-0.39, 0.29) is 24.3 Å². The zero-order chi connectivity index (χ0) is 19.4. The quantitative estimate of drug-likeness (QED) is 0.320. The van der Waals surface area contributed by atoms with Gasteiger partial charge in [-0.2, -0.15) is 0 Å². The van der Waals surface area contributed by atoms with Gasteiger partial charge in [0.25, 0.3) is 0 Å². The lowest BCUT2D eigenvalue weighted by Crippen LogP contribution is -2.10. The maximum absolute atomic E-state index is 12.0. The Kier molecular flexibility index (Phi) is 10.2. The molecule has 0 aliphatic rings. The van der Waals surface area contributed by atoms with Crippen molar-refractivity contribution in [1.82, 2.24) is 0 Å². The fourth-order valence-electron chi connectivity index (χ4n) is 2.45. The monoisotopic (exact) mass is 366 g/mol. The lowest BCUT2D eigenvalue weighted by atomic mass is 10.1. The molecule has 2 N–H and O–H groups in total. The van der Waals surface area contributed by atoms with Crippen molar-refractivity contribution in [2.75, 3.05) is 13.2 Å². The number of benzene rings is 1. The predicted octanol–water partition coefficient (Wildman–Crippen LogP) is 4.57. The molecule has 1 aromatic carbocycles. The lowest BCUT2D eigenvalue weighted by Gasteiger charge is -2.10. The van der Waals surface area contributed by atoms with Gasteiger partial charge in [-0.05, 0) is 25.0 Å². The van der Waals surface area contributed by atoms with Crippen LogP contribution in [0.3, 0.4) is 0 Å². The number of rotatable bonds is 12. The van der Waals surface area contributed by atoms with E-state index < -0.39 is 23.4 Å². The molecule has 0 heterocycles. The van der Waals surface area contributed by atoms with E-state index in [4.69, 9.17) is 9.47 Å². The molecule has 0 unspecified atom stereocenters. The molecule has 0 aliphatic carbocycles. The topological polar surface area (TPSA) is 93.1 Å². The zero-order valence-corrected chi connectivity index (χ0v) is 15.8. The SMILES string of the molecule is CCCCCCOC(=O)c1cc(O)c(C(=O)OCCCCCC)cc1O. The Bertz CT molecular complexity index is 530. The van der Waals surface area contributed by atoms with Gasteiger partial charge in [-0.25, -0.2) is 9.59 Å². The number of unbranched alkanes of at least 4 members (excludes halogenated alkanes) is 6. The Morgan fingerprint density at radius 1 is 0.731 bits per heavy atom. The molecule has 0 saturated carbocycles. The lowest BCUT2D eigenvalue weighted by molar-refractivity contribution is 0.0477. The first-order valence-electron chi connectivity index (χ1n) is 9.41. The number of carbonyl (C=O) groups excluding carboxylic acids is 2. The summed E-state index contributed by atoms with van der Waals surface area (Å²) in [5, 5.41) is 20.0. The van der Waals surface area contributed by atoms with Crippen LogP contribution in [0, 0.1) is 0 Å². The van der Waals surface area contributed by atoms with Crippen LogP contribution in [0.25, 0.3) is 0 Å². The summed E-state index contributed by atoms with van der Waals surface area (Å²) in [4.78, 5) is 24.0. The van der Waals surface area contributed by atoms with Gasteiger partial charge in [0, 0.05) is 0 Å². The third-order valence-corrected chi connectivity index (χ3v) is 4.02. The summed E-state index contributed by atoms with van der Waals surface area (Å²) < 4.78 is 10.2. The van der Waals surface area contributed by atoms with E-state index in [0.717, 1.165) is 63.5 Å². The van der Waals surface area contributed by atoms with Gasteiger partial charge in [0.05, 0.1) is 13.2 Å². The maximum atomic E-state index is 12.0. The van der Waals surface area contributed by atoms with Crippen molar-refractivity contribution in [2.45, 2.75) is 65.2 Å². The number of hydrogen-bond donors (Lipinski definition) is 2. The highest BCUT2D eigenvalue weighted by Gasteiger charge is 2.20. The van der Waals surface area contributed by atoms with Crippen LogP contribution in [0.2, 0.25) is 0 Å². The second-order valence-corrected chi connectivity index (χ2v) is 6.28. The van der Waals surface area contributed by atoms with Crippen molar-refractivity contribution in [2.24, 2.45) is 0 Å².